The van der Waals surface area contributed by atoms with Crippen LogP contribution in [0.4, 0.5) is 0 Å². The van der Waals surface area contributed by atoms with E-state index in [0.717, 1.165) is 33.1 Å². The number of aryl methyl sites for hydroxylation is 1. The lowest BCUT2D eigenvalue weighted by Gasteiger charge is -2.22. The highest BCUT2D eigenvalue weighted by molar-refractivity contribution is 7.99. The van der Waals surface area contributed by atoms with Crippen LogP contribution in [0.15, 0.2) is 89.4 Å². The maximum absolute atomic E-state index is 13.3. The molecular formula is C26H24N4O2S. The molecule has 0 N–H and O–H groups in total. The highest BCUT2D eigenvalue weighted by atomic mass is 32.2. The average Bonchev–Trinajstić information content (AvgIpc) is 3.49. The zero-order valence-electron chi connectivity index (χ0n) is 18.5. The van der Waals surface area contributed by atoms with Crippen molar-refractivity contribution in [3.8, 4) is 5.75 Å². The van der Waals surface area contributed by atoms with Crippen LogP contribution in [0.1, 0.15) is 23.6 Å². The molecule has 1 atom stereocenters. The lowest BCUT2D eigenvalue weighted by atomic mass is 9.97. The van der Waals surface area contributed by atoms with Crippen molar-refractivity contribution >= 4 is 34.2 Å². The molecule has 1 aromatic heterocycles. The van der Waals surface area contributed by atoms with Gasteiger partial charge in [0.15, 0.2) is 5.16 Å². The second kappa shape index (κ2) is 9.11. The Bertz CT molecular complexity index is 1330. The summed E-state index contributed by atoms with van der Waals surface area (Å²) < 4.78 is 7.22. The van der Waals surface area contributed by atoms with Crippen LogP contribution >= 0.6 is 11.8 Å². The molecule has 5 rings (SSSR count). The minimum absolute atomic E-state index is 0.0420. The van der Waals surface area contributed by atoms with Crippen LogP contribution < -0.4 is 4.74 Å². The molecular weight excluding hydrogens is 432 g/mol. The van der Waals surface area contributed by atoms with Crippen molar-refractivity contribution < 1.29 is 9.53 Å². The number of fused-ring (bicyclic) bond motifs is 1. The third-order valence-corrected chi connectivity index (χ3v) is 6.89. The van der Waals surface area contributed by atoms with E-state index in [-0.39, 0.29) is 17.7 Å². The van der Waals surface area contributed by atoms with Crippen LogP contribution in [0, 0.1) is 0 Å². The monoisotopic (exact) mass is 456 g/mol. The molecule has 0 bridgehead atoms. The number of hydrogen-bond donors (Lipinski definition) is 0. The topological polar surface area (TPSA) is 59.7 Å². The van der Waals surface area contributed by atoms with Gasteiger partial charge in [-0.25, -0.2) is 9.99 Å². The SMILES string of the molecule is COc1ccc([C@H]2CC(c3ccc4ccccc4c3)=NN2C(=O)CSc2nccn2C)cc1. The van der Waals surface area contributed by atoms with E-state index in [1.165, 1.54) is 17.1 Å². The van der Waals surface area contributed by atoms with Crippen LogP contribution in [-0.2, 0) is 11.8 Å². The van der Waals surface area contributed by atoms with Crippen LogP contribution in [0.3, 0.4) is 0 Å². The van der Waals surface area contributed by atoms with Crippen LogP contribution in [0.5, 0.6) is 5.75 Å². The summed E-state index contributed by atoms with van der Waals surface area (Å²) in [6.07, 6.45) is 4.26. The molecule has 1 aliphatic heterocycles. The lowest BCUT2D eigenvalue weighted by molar-refractivity contribution is -0.130. The number of rotatable bonds is 6. The first-order valence-corrected chi connectivity index (χ1v) is 11.7. The number of nitrogens with zero attached hydrogens (tertiary/aromatic N) is 4. The Morgan fingerprint density at radius 2 is 1.88 bits per heavy atom. The standard InChI is InChI=1S/C26H24N4O2S/c1-29-14-13-27-26(29)33-17-25(31)30-24(19-9-11-22(32-2)12-10-19)16-23(28-30)21-8-7-18-5-3-4-6-20(18)15-21/h3-15,24H,16-17H2,1-2H3/t24-/m1/s1. The van der Waals surface area contributed by atoms with Crippen molar-refractivity contribution in [1.29, 1.82) is 0 Å². The molecule has 33 heavy (non-hydrogen) atoms. The fraction of sp³-hybridized carbons (Fsp3) is 0.192. The minimum atomic E-state index is -0.160. The first-order chi connectivity index (χ1) is 16.1. The smallest absolute Gasteiger partial charge is 0.253 e. The predicted molar refractivity (Wildman–Crippen MR) is 132 cm³/mol. The van der Waals surface area contributed by atoms with Gasteiger partial charge in [0.25, 0.3) is 5.91 Å². The zero-order valence-corrected chi connectivity index (χ0v) is 19.3. The van der Waals surface area contributed by atoms with E-state index < -0.39 is 0 Å². The number of hydrogen-bond acceptors (Lipinski definition) is 5. The Morgan fingerprint density at radius 1 is 1.09 bits per heavy atom. The summed E-state index contributed by atoms with van der Waals surface area (Å²) in [5.74, 6) is 1.02. The Balaban J connectivity index is 1.45. The Morgan fingerprint density at radius 3 is 2.61 bits per heavy atom. The third-order valence-electron chi connectivity index (χ3n) is 5.85. The van der Waals surface area contributed by atoms with Crippen molar-refractivity contribution in [2.45, 2.75) is 17.6 Å². The molecule has 0 radical (unpaired) electrons. The van der Waals surface area contributed by atoms with Gasteiger partial charge in [0.1, 0.15) is 5.75 Å². The number of imidazole rings is 1. The van der Waals surface area contributed by atoms with Gasteiger partial charge < -0.3 is 9.30 Å². The lowest BCUT2D eigenvalue weighted by Crippen LogP contribution is -2.28. The van der Waals surface area contributed by atoms with Gasteiger partial charge in [-0.1, -0.05) is 60.3 Å². The van der Waals surface area contributed by atoms with Crippen molar-refractivity contribution in [2.24, 2.45) is 12.1 Å². The number of carbonyl (C=O) groups is 1. The second-order valence-corrected chi connectivity index (χ2v) is 8.89. The highest BCUT2D eigenvalue weighted by Crippen LogP contribution is 2.35. The maximum atomic E-state index is 13.3. The summed E-state index contributed by atoms with van der Waals surface area (Å²) in [5, 5.41) is 9.61. The molecule has 4 aromatic rings. The molecule has 0 spiro atoms. The summed E-state index contributed by atoms with van der Waals surface area (Å²) in [6.45, 7) is 0. The highest BCUT2D eigenvalue weighted by Gasteiger charge is 2.33. The predicted octanol–water partition coefficient (Wildman–Crippen LogP) is 5.05. The molecule has 0 saturated carbocycles. The van der Waals surface area contributed by atoms with Crippen molar-refractivity contribution in [1.82, 2.24) is 14.6 Å². The molecule has 166 valence electrons. The fourth-order valence-electron chi connectivity index (χ4n) is 4.05. The minimum Gasteiger partial charge on any atom is -0.497 e. The quantitative estimate of drug-likeness (QED) is 0.381. The molecule has 0 fully saturated rings. The summed E-state index contributed by atoms with van der Waals surface area (Å²) in [7, 11) is 3.57. The molecule has 7 heteroatoms. The van der Waals surface area contributed by atoms with Crippen LogP contribution in [0.25, 0.3) is 10.8 Å². The van der Waals surface area contributed by atoms with Crippen LogP contribution in [0.2, 0.25) is 0 Å². The number of thioether (sulfide) groups is 1. The molecule has 0 saturated heterocycles. The van der Waals surface area contributed by atoms with Crippen molar-refractivity contribution in [3.05, 3.63) is 90.3 Å². The normalized spacial score (nSPS) is 15.6. The largest absolute Gasteiger partial charge is 0.497 e. The average molecular weight is 457 g/mol. The number of hydrazone groups is 1. The second-order valence-electron chi connectivity index (χ2n) is 7.95. The third kappa shape index (κ3) is 4.36. The summed E-state index contributed by atoms with van der Waals surface area (Å²) in [6, 6.07) is 22.3. The van der Waals surface area contributed by atoms with Crippen molar-refractivity contribution in [2.75, 3.05) is 12.9 Å². The molecule has 1 aliphatic rings. The molecule has 3 aromatic carbocycles. The van der Waals surface area contributed by atoms with E-state index in [2.05, 4.69) is 35.3 Å². The van der Waals surface area contributed by atoms with E-state index in [0.29, 0.717) is 6.42 Å². The van der Waals surface area contributed by atoms with E-state index in [4.69, 9.17) is 9.84 Å². The molecule has 2 heterocycles. The number of benzene rings is 3. The number of methoxy groups -OCH3 is 1. The van der Waals surface area contributed by atoms with Gasteiger partial charge in [-0.05, 0) is 40.1 Å². The summed E-state index contributed by atoms with van der Waals surface area (Å²) in [4.78, 5) is 17.6. The van der Waals surface area contributed by atoms with Gasteiger partial charge in [0, 0.05) is 25.9 Å². The molecule has 6 nitrogen and oxygen atoms in total. The molecule has 0 aliphatic carbocycles. The van der Waals surface area contributed by atoms with Crippen LogP contribution in [-0.4, -0.2) is 39.0 Å². The maximum Gasteiger partial charge on any atom is 0.253 e. The van der Waals surface area contributed by atoms with E-state index in [9.17, 15) is 4.79 Å². The van der Waals surface area contributed by atoms with E-state index in [1.54, 1.807) is 18.3 Å². The Kier molecular flexibility index (Phi) is 5.88. The summed E-state index contributed by atoms with van der Waals surface area (Å²) >= 11 is 1.42. The molecule has 1 amide bonds. The van der Waals surface area contributed by atoms with E-state index in [1.807, 2.05) is 54.2 Å². The van der Waals surface area contributed by atoms with E-state index >= 15 is 0 Å². The van der Waals surface area contributed by atoms with Gasteiger partial charge >= 0.3 is 0 Å². The molecule has 0 unspecified atom stereocenters. The number of carbonyl (C=O) groups excluding carboxylic acids is 1. The fourth-order valence-corrected chi connectivity index (χ4v) is 4.84. The number of aromatic nitrogens is 2. The zero-order chi connectivity index (χ0) is 22.8. The van der Waals surface area contributed by atoms with Gasteiger partial charge in [-0.15, -0.1) is 0 Å². The number of ether oxygens (including phenoxy) is 1. The van der Waals surface area contributed by atoms with Crippen molar-refractivity contribution in [3.63, 3.8) is 0 Å². The Hall–Kier alpha value is -3.58. The Labute approximate surface area is 196 Å². The van der Waals surface area contributed by atoms with Gasteiger partial charge in [-0.3, -0.25) is 4.79 Å². The number of amides is 1. The first-order valence-electron chi connectivity index (χ1n) is 10.7. The van der Waals surface area contributed by atoms with Gasteiger partial charge in [-0.2, -0.15) is 5.10 Å². The van der Waals surface area contributed by atoms with Gasteiger partial charge in [0.2, 0.25) is 0 Å². The van der Waals surface area contributed by atoms with Gasteiger partial charge in [0.05, 0.1) is 24.6 Å². The summed E-state index contributed by atoms with van der Waals surface area (Å²) in [5.41, 5.74) is 2.99. The first kappa shape index (κ1) is 21.3.